The van der Waals surface area contributed by atoms with Crippen molar-refractivity contribution >= 4 is 37.4 Å². The van der Waals surface area contributed by atoms with Gasteiger partial charge in [0.15, 0.2) is 0 Å². The first-order chi connectivity index (χ1) is 13.2. The van der Waals surface area contributed by atoms with E-state index in [9.17, 15) is 13.2 Å². The van der Waals surface area contributed by atoms with Crippen LogP contribution in [-0.4, -0.2) is 50.0 Å². The monoisotopic (exact) mass is 420 g/mol. The van der Waals surface area contributed by atoms with E-state index in [0.29, 0.717) is 35.7 Å². The van der Waals surface area contributed by atoms with Crippen molar-refractivity contribution in [2.75, 3.05) is 27.0 Å². The smallest absolute Gasteiger partial charge is 0.210 e. The third-order valence-electron chi connectivity index (χ3n) is 4.77. The van der Waals surface area contributed by atoms with E-state index in [2.05, 4.69) is 10.6 Å². The maximum atomic E-state index is 12.8. The summed E-state index contributed by atoms with van der Waals surface area (Å²) >= 11 is 1.47. The van der Waals surface area contributed by atoms with Gasteiger partial charge < -0.3 is 9.30 Å². The predicted molar refractivity (Wildman–Crippen MR) is 113 cm³/mol. The van der Waals surface area contributed by atoms with E-state index in [1.54, 1.807) is 38.4 Å². The van der Waals surface area contributed by atoms with Crippen molar-refractivity contribution in [2.45, 2.75) is 19.9 Å². The van der Waals surface area contributed by atoms with Crippen LogP contribution in [0.15, 0.2) is 36.4 Å². The van der Waals surface area contributed by atoms with E-state index >= 15 is 0 Å². The number of rotatable bonds is 8. The minimum absolute atomic E-state index is 0.00938. The van der Waals surface area contributed by atoms with Crippen molar-refractivity contribution < 1.29 is 17.9 Å². The second-order valence-electron chi connectivity index (χ2n) is 6.80. The van der Waals surface area contributed by atoms with Crippen LogP contribution in [-0.2, 0) is 16.6 Å². The van der Waals surface area contributed by atoms with Crippen LogP contribution in [0, 0.1) is 6.92 Å². The molecule has 6 nitrogen and oxygen atoms in total. The second-order valence-corrected chi connectivity index (χ2v) is 9.92. The molecule has 0 aliphatic rings. The van der Waals surface area contributed by atoms with Crippen molar-refractivity contribution in [1.29, 1.82) is 0 Å². The van der Waals surface area contributed by atoms with Gasteiger partial charge in [-0.15, -0.1) is 11.3 Å². The van der Waals surface area contributed by atoms with Crippen molar-refractivity contribution in [3.8, 4) is 5.75 Å². The molecule has 0 aliphatic carbocycles. The van der Waals surface area contributed by atoms with Crippen LogP contribution in [0.5, 0.6) is 5.75 Å². The molecule has 1 aromatic carbocycles. The van der Waals surface area contributed by atoms with Crippen LogP contribution in [0.3, 0.4) is 0 Å². The Bertz CT molecular complexity index is 1100. The molecule has 0 unspecified atom stereocenters. The number of hydrogen-bond donors (Lipinski definition) is 0. The van der Waals surface area contributed by atoms with Crippen molar-refractivity contribution in [3.63, 3.8) is 0 Å². The van der Waals surface area contributed by atoms with Crippen LogP contribution in [0.25, 0.3) is 10.2 Å². The summed E-state index contributed by atoms with van der Waals surface area (Å²) in [6, 6.07) is 11.1. The predicted octanol–water partition coefficient (Wildman–Crippen LogP) is 3.53. The van der Waals surface area contributed by atoms with Gasteiger partial charge in [-0.1, -0.05) is 0 Å². The van der Waals surface area contributed by atoms with Crippen LogP contribution in [0.1, 0.15) is 27.3 Å². The van der Waals surface area contributed by atoms with E-state index in [4.69, 9.17) is 4.74 Å². The largest absolute Gasteiger partial charge is 0.497 e. The lowest BCUT2D eigenvalue weighted by atomic mass is 10.1. The number of hydrogen-bond acceptors (Lipinski definition) is 5. The highest BCUT2D eigenvalue weighted by molar-refractivity contribution is 7.88. The lowest BCUT2D eigenvalue weighted by Gasteiger charge is -2.14. The zero-order valence-corrected chi connectivity index (χ0v) is 18.1. The number of carbonyl (C=O) groups is 1. The van der Waals surface area contributed by atoms with E-state index in [-0.39, 0.29) is 5.78 Å². The zero-order valence-electron chi connectivity index (χ0n) is 16.4. The molecule has 3 rings (SSSR count). The average molecular weight is 421 g/mol. The van der Waals surface area contributed by atoms with Gasteiger partial charge in [0.05, 0.1) is 18.2 Å². The maximum Gasteiger partial charge on any atom is 0.210 e. The highest BCUT2D eigenvalue weighted by atomic mass is 32.2. The van der Waals surface area contributed by atoms with Crippen molar-refractivity contribution in [1.82, 2.24) is 8.87 Å². The molecule has 2 aromatic heterocycles. The summed E-state index contributed by atoms with van der Waals surface area (Å²) < 4.78 is 31.7. The summed E-state index contributed by atoms with van der Waals surface area (Å²) in [6.07, 6.45) is 1.91. The lowest BCUT2D eigenvalue weighted by molar-refractivity contribution is 0.104. The molecule has 0 saturated carbocycles. The number of aromatic nitrogens is 1. The molecular weight excluding hydrogens is 396 g/mol. The molecule has 2 heterocycles. The van der Waals surface area contributed by atoms with Crippen LogP contribution in [0.4, 0.5) is 0 Å². The highest BCUT2D eigenvalue weighted by Gasteiger charge is 2.17. The Hall–Kier alpha value is -2.16. The normalized spacial score (nSPS) is 12.0. The first kappa shape index (κ1) is 20.6. The number of thiophene rings is 1. The number of ether oxygens (including phenoxy) is 1. The van der Waals surface area contributed by atoms with Gasteiger partial charge in [0.1, 0.15) is 10.6 Å². The molecule has 0 N–H and O–H groups in total. The molecule has 0 atom stereocenters. The topological polar surface area (TPSA) is 68.6 Å². The Morgan fingerprint density at radius 1 is 1.21 bits per heavy atom. The molecule has 3 aromatic rings. The van der Waals surface area contributed by atoms with Crippen LogP contribution < -0.4 is 4.74 Å². The molecular formula is C20H24N2O4S2. The van der Waals surface area contributed by atoms with Gasteiger partial charge in [-0.25, -0.2) is 12.7 Å². The Balaban J connectivity index is 1.79. The minimum atomic E-state index is -3.17. The van der Waals surface area contributed by atoms with Gasteiger partial charge >= 0.3 is 0 Å². The van der Waals surface area contributed by atoms with Crippen molar-refractivity contribution in [2.24, 2.45) is 0 Å². The quantitative estimate of drug-likeness (QED) is 0.523. The van der Waals surface area contributed by atoms with E-state index < -0.39 is 10.0 Å². The molecule has 0 fully saturated rings. The first-order valence-electron chi connectivity index (χ1n) is 8.90. The standard InChI is InChI=1S/C20H24N2O4S2/c1-14-12-16-13-18(19(23)15-6-8-17(26-3)9-7-15)27-20(16)22(14)11-5-10-21(2)28(4,24)25/h6-9,12-13H,5,10-11H2,1-4H3. The fraction of sp³-hybridized carbons (Fsp3) is 0.350. The zero-order chi connectivity index (χ0) is 20.5. The number of ketones is 1. The fourth-order valence-electron chi connectivity index (χ4n) is 3.06. The number of benzene rings is 1. The number of methoxy groups -OCH3 is 1. The summed E-state index contributed by atoms with van der Waals surface area (Å²) in [4.78, 5) is 14.5. The lowest BCUT2D eigenvalue weighted by Crippen LogP contribution is -2.27. The molecule has 0 saturated heterocycles. The SMILES string of the molecule is COc1ccc(C(=O)c2cc3cc(C)n(CCCN(C)S(C)(=O)=O)c3s2)cc1. The molecule has 28 heavy (non-hydrogen) atoms. The Kier molecular flexibility index (Phi) is 5.92. The Labute approximate surface area is 169 Å². The number of fused-ring (bicyclic) bond motifs is 1. The molecule has 0 spiro atoms. The first-order valence-corrected chi connectivity index (χ1v) is 11.6. The van der Waals surface area contributed by atoms with Gasteiger partial charge in [0, 0.05) is 36.8 Å². The Morgan fingerprint density at radius 2 is 1.89 bits per heavy atom. The van der Waals surface area contributed by atoms with Crippen LogP contribution in [0.2, 0.25) is 0 Å². The molecule has 0 amide bonds. The van der Waals surface area contributed by atoms with E-state index in [1.807, 2.05) is 13.0 Å². The van der Waals surface area contributed by atoms with Gasteiger partial charge in [-0.2, -0.15) is 0 Å². The number of nitrogens with zero attached hydrogens (tertiary/aromatic N) is 2. The van der Waals surface area contributed by atoms with Gasteiger partial charge in [-0.05, 0) is 49.7 Å². The Morgan fingerprint density at radius 3 is 2.50 bits per heavy atom. The molecule has 8 heteroatoms. The summed E-state index contributed by atoms with van der Waals surface area (Å²) in [5.41, 5.74) is 1.73. The summed E-state index contributed by atoms with van der Waals surface area (Å²) in [5.74, 6) is 0.707. The third-order valence-corrected chi connectivity index (χ3v) is 7.26. The maximum absolute atomic E-state index is 12.8. The summed E-state index contributed by atoms with van der Waals surface area (Å²) in [7, 11) is 0.0161. The van der Waals surface area contributed by atoms with Crippen LogP contribution >= 0.6 is 11.3 Å². The molecule has 0 aliphatic heterocycles. The van der Waals surface area contributed by atoms with E-state index in [1.165, 1.54) is 21.9 Å². The third kappa shape index (κ3) is 4.29. The fourth-order valence-corrected chi connectivity index (χ4v) is 4.71. The summed E-state index contributed by atoms with van der Waals surface area (Å²) in [6.45, 7) is 3.19. The average Bonchev–Trinajstić information content (AvgIpc) is 3.18. The molecule has 150 valence electrons. The van der Waals surface area contributed by atoms with Gasteiger partial charge in [0.2, 0.25) is 15.8 Å². The summed E-state index contributed by atoms with van der Waals surface area (Å²) in [5, 5.41) is 1.04. The highest BCUT2D eigenvalue weighted by Crippen LogP contribution is 2.31. The van der Waals surface area contributed by atoms with Gasteiger partial charge in [-0.3, -0.25) is 4.79 Å². The van der Waals surface area contributed by atoms with E-state index in [0.717, 1.165) is 15.9 Å². The van der Waals surface area contributed by atoms with Gasteiger partial charge in [0.25, 0.3) is 0 Å². The number of sulfonamides is 1. The molecule has 0 bridgehead atoms. The minimum Gasteiger partial charge on any atom is -0.497 e. The van der Waals surface area contributed by atoms with Crippen molar-refractivity contribution in [3.05, 3.63) is 52.5 Å². The second kappa shape index (κ2) is 8.06. The number of aryl methyl sites for hydroxylation is 2. The number of carbonyl (C=O) groups excluding carboxylic acids is 1. The molecule has 0 radical (unpaired) electrons.